The van der Waals surface area contributed by atoms with Crippen molar-refractivity contribution in [1.82, 2.24) is 9.97 Å². The molecule has 0 spiro atoms. The summed E-state index contributed by atoms with van der Waals surface area (Å²) in [6, 6.07) is 1.14. The molecule has 0 radical (unpaired) electrons. The first kappa shape index (κ1) is 14.6. The van der Waals surface area contributed by atoms with Crippen molar-refractivity contribution in [3.05, 3.63) is 12.3 Å². The number of nitrogens with one attached hydrogen (secondary N) is 1. The lowest BCUT2D eigenvalue weighted by atomic mass is 9.84. The monoisotopic (exact) mass is 278 g/mol. The summed E-state index contributed by atoms with van der Waals surface area (Å²) in [5.41, 5.74) is 0. The number of rotatable bonds is 5. The Morgan fingerprint density at radius 3 is 2.70 bits per heavy atom. The van der Waals surface area contributed by atoms with Gasteiger partial charge in [0.05, 0.1) is 0 Å². The van der Waals surface area contributed by atoms with Gasteiger partial charge in [0.2, 0.25) is 5.95 Å². The molecule has 1 fully saturated rings. The molecular formula is C14H22N4O2. The summed E-state index contributed by atoms with van der Waals surface area (Å²) in [5.74, 6) is 0.519. The molecule has 0 amide bonds. The maximum absolute atomic E-state index is 11.5. The van der Waals surface area contributed by atoms with Crippen LogP contribution < -0.4 is 10.2 Å². The van der Waals surface area contributed by atoms with E-state index in [1.807, 2.05) is 14.1 Å². The lowest BCUT2D eigenvalue weighted by Crippen LogP contribution is -2.38. The number of anilines is 2. The van der Waals surface area contributed by atoms with Crippen LogP contribution in [0.2, 0.25) is 0 Å². The van der Waals surface area contributed by atoms with Crippen molar-refractivity contribution in [2.75, 3.05) is 24.3 Å². The summed E-state index contributed by atoms with van der Waals surface area (Å²) in [6.45, 7) is 0. The molecule has 1 aliphatic rings. The molecule has 6 nitrogen and oxygen atoms in total. The topological polar surface area (TPSA) is 78.4 Å². The second-order valence-corrected chi connectivity index (χ2v) is 5.49. The van der Waals surface area contributed by atoms with Crippen molar-refractivity contribution in [3.8, 4) is 0 Å². The van der Waals surface area contributed by atoms with Gasteiger partial charge < -0.3 is 15.3 Å². The molecule has 1 unspecified atom stereocenters. The highest BCUT2D eigenvalue weighted by molar-refractivity contribution is 5.77. The molecule has 1 atom stereocenters. The summed E-state index contributed by atoms with van der Waals surface area (Å²) in [7, 11) is 3.71. The van der Waals surface area contributed by atoms with Crippen LogP contribution in [0, 0.1) is 5.92 Å². The van der Waals surface area contributed by atoms with Crippen molar-refractivity contribution in [3.63, 3.8) is 0 Å². The van der Waals surface area contributed by atoms with E-state index in [1.165, 1.54) is 6.42 Å². The van der Waals surface area contributed by atoms with E-state index in [-0.39, 0.29) is 5.92 Å². The Morgan fingerprint density at radius 1 is 1.40 bits per heavy atom. The van der Waals surface area contributed by atoms with Gasteiger partial charge in [0.1, 0.15) is 11.9 Å². The lowest BCUT2D eigenvalue weighted by molar-refractivity contribution is -0.139. The van der Waals surface area contributed by atoms with Gasteiger partial charge in [0.25, 0.3) is 0 Å². The van der Waals surface area contributed by atoms with Crippen LogP contribution in [0.25, 0.3) is 0 Å². The van der Waals surface area contributed by atoms with Crippen molar-refractivity contribution >= 4 is 17.7 Å². The summed E-state index contributed by atoms with van der Waals surface area (Å²) >= 11 is 0. The van der Waals surface area contributed by atoms with E-state index in [4.69, 9.17) is 0 Å². The number of hydrogen-bond donors (Lipinski definition) is 2. The second-order valence-electron chi connectivity index (χ2n) is 5.49. The molecule has 0 aliphatic heterocycles. The first-order chi connectivity index (χ1) is 9.58. The van der Waals surface area contributed by atoms with Gasteiger partial charge in [-0.2, -0.15) is 4.98 Å². The van der Waals surface area contributed by atoms with E-state index < -0.39 is 12.0 Å². The number of carboxylic acid groups (broad SMARTS) is 1. The van der Waals surface area contributed by atoms with Crippen molar-refractivity contribution < 1.29 is 9.90 Å². The molecule has 0 bridgehead atoms. The van der Waals surface area contributed by atoms with E-state index in [2.05, 4.69) is 15.3 Å². The lowest BCUT2D eigenvalue weighted by Gasteiger charge is -2.28. The van der Waals surface area contributed by atoms with Gasteiger partial charge in [0, 0.05) is 20.3 Å². The number of aromatic nitrogens is 2. The zero-order valence-electron chi connectivity index (χ0n) is 12.0. The van der Waals surface area contributed by atoms with Crippen LogP contribution in [0.4, 0.5) is 11.8 Å². The highest BCUT2D eigenvalue weighted by atomic mass is 16.4. The van der Waals surface area contributed by atoms with E-state index in [9.17, 15) is 9.90 Å². The molecule has 110 valence electrons. The van der Waals surface area contributed by atoms with E-state index in [1.54, 1.807) is 17.2 Å². The quantitative estimate of drug-likeness (QED) is 0.857. The van der Waals surface area contributed by atoms with Crippen molar-refractivity contribution in [2.45, 2.75) is 38.1 Å². The first-order valence-electron chi connectivity index (χ1n) is 7.07. The van der Waals surface area contributed by atoms with Gasteiger partial charge in [-0.15, -0.1) is 0 Å². The SMILES string of the molecule is CN(C)c1nccc(NC(C(=O)O)C2CCCCC2)n1. The number of hydrogen-bond acceptors (Lipinski definition) is 5. The largest absolute Gasteiger partial charge is 0.480 e. The molecule has 0 aromatic carbocycles. The van der Waals surface area contributed by atoms with E-state index in [0.717, 1.165) is 25.7 Å². The van der Waals surface area contributed by atoms with Crippen LogP contribution in [0.15, 0.2) is 12.3 Å². The molecule has 20 heavy (non-hydrogen) atoms. The molecule has 1 heterocycles. The Morgan fingerprint density at radius 2 is 2.10 bits per heavy atom. The minimum absolute atomic E-state index is 0.180. The Hall–Kier alpha value is -1.85. The standard InChI is InChI=1S/C14H22N4O2/c1-18(2)14-15-9-8-11(17-14)16-12(13(19)20)10-6-4-3-5-7-10/h8-10,12H,3-7H2,1-2H3,(H,19,20)(H,15,16,17). The number of carbonyl (C=O) groups is 1. The molecule has 1 aromatic heterocycles. The first-order valence-corrected chi connectivity index (χ1v) is 7.07. The normalized spacial score (nSPS) is 17.5. The molecule has 1 aliphatic carbocycles. The highest BCUT2D eigenvalue weighted by Crippen LogP contribution is 2.28. The second kappa shape index (κ2) is 6.54. The zero-order valence-corrected chi connectivity index (χ0v) is 12.0. The van der Waals surface area contributed by atoms with Gasteiger partial charge in [0.15, 0.2) is 0 Å². The fraction of sp³-hybridized carbons (Fsp3) is 0.643. The highest BCUT2D eigenvalue weighted by Gasteiger charge is 2.29. The van der Waals surface area contributed by atoms with E-state index in [0.29, 0.717) is 11.8 Å². The van der Waals surface area contributed by atoms with Crippen LogP contribution in [0.1, 0.15) is 32.1 Å². The van der Waals surface area contributed by atoms with Gasteiger partial charge >= 0.3 is 5.97 Å². The van der Waals surface area contributed by atoms with Crippen LogP contribution in [-0.2, 0) is 4.79 Å². The van der Waals surface area contributed by atoms with Crippen LogP contribution >= 0.6 is 0 Å². The van der Waals surface area contributed by atoms with Gasteiger partial charge in [-0.05, 0) is 24.8 Å². The van der Waals surface area contributed by atoms with Crippen LogP contribution in [0.3, 0.4) is 0 Å². The van der Waals surface area contributed by atoms with E-state index >= 15 is 0 Å². The number of carboxylic acids is 1. The summed E-state index contributed by atoms with van der Waals surface area (Å²) in [5, 5.41) is 12.5. The molecule has 2 N–H and O–H groups in total. The third-order valence-corrected chi connectivity index (χ3v) is 3.73. The van der Waals surface area contributed by atoms with Gasteiger partial charge in [-0.1, -0.05) is 19.3 Å². The predicted octanol–water partition coefficient (Wildman–Crippen LogP) is 1.99. The maximum atomic E-state index is 11.5. The third-order valence-electron chi connectivity index (χ3n) is 3.73. The van der Waals surface area contributed by atoms with Crippen molar-refractivity contribution in [1.29, 1.82) is 0 Å². The Labute approximate surface area is 119 Å². The average molecular weight is 278 g/mol. The van der Waals surface area contributed by atoms with Crippen LogP contribution in [-0.4, -0.2) is 41.2 Å². The summed E-state index contributed by atoms with van der Waals surface area (Å²) in [6.07, 6.45) is 7.02. The van der Waals surface area contributed by atoms with Gasteiger partial charge in [-0.25, -0.2) is 9.78 Å². The fourth-order valence-electron chi connectivity index (χ4n) is 2.65. The Balaban J connectivity index is 2.11. The third kappa shape index (κ3) is 3.59. The fourth-order valence-corrected chi connectivity index (χ4v) is 2.65. The van der Waals surface area contributed by atoms with Gasteiger partial charge in [-0.3, -0.25) is 0 Å². The molecule has 2 rings (SSSR count). The Bertz CT molecular complexity index is 458. The predicted molar refractivity (Wildman–Crippen MR) is 78.0 cm³/mol. The summed E-state index contributed by atoms with van der Waals surface area (Å²) < 4.78 is 0. The molecule has 6 heteroatoms. The number of aliphatic carboxylic acids is 1. The minimum Gasteiger partial charge on any atom is -0.480 e. The van der Waals surface area contributed by atoms with Crippen LogP contribution in [0.5, 0.6) is 0 Å². The summed E-state index contributed by atoms with van der Waals surface area (Å²) in [4.78, 5) is 21.8. The molecule has 1 aromatic rings. The molecular weight excluding hydrogens is 256 g/mol. The maximum Gasteiger partial charge on any atom is 0.326 e. The average Bonchev–Trinajstić information content (AvgIpc) is 2.45. The zero-order chi connectivity index (χ0) is 14.5. The smallest absolute Gasteiger partial charge is 0.326 e. The van der Waals surface area contributed by atoms with Crippen molar-refractivity contribution in [2.24, 2.45) is 5.92 Å². The molecule has 0 saturated heterocycles. The number of nitrogens with zero attached hydrogens (tertiary/aromatic N) is 3. The molecule has 1 saturated carbocycles. The minimum atomic E-state index is -0.804. The Kier molecular flexibility index (Phi) is 4.76.